The van der Waals surface area contributed by atoms with Gasteiger partial charge in [-0.1, -0.05) is 18.2 Å². The zero-order valence-electron chi connectivity index (χ0n) is 14.4. The van der Waals surface area contributed by atoms with Gasteiger partial charge in [-0.25, -0.2) is 0 Å². The number of carbonyl (C=O) groups is 1. The van der Waals surface area contributed by atoms with Crippen molar-refractivity contribution >= 4 is 30.0 Å². The summed E-state index contributed by atoms with van der Waals surface area (Å²) < 4.78 is 0. The third-order valence-electron chi connectivity index (χ3n) is 4.16. The number of rotatable bonds is 6. The molecule has 5 heteroatoms. The van der Waals surface area contributed by atoms with Crippen LogP contribution in [0.1, 0.15) is 27.0 Å². The summed E-state index contributed by atoms with van der Waals surface area (Å²) in [6.45, 7) is 2.09. The van der Waals surface area contributed by atoms with Crippen LogP contribution in [0.25, 0.3) is 11.1 Å². The molecule has 3 aromatic rings. The molecular weight excluding hydrogens is 342 g/mol. The number of pyridine rings is 1. The van der Waals surface area contributed by atoms with Crippen molar-refractivity contribution in [2.45, 2.75) is 17.6 Å². The molecule has 3 rings (SSSR count). The van der Waals surface area contributed by atoms with E-state index < -0.39 is 0 Å². The van der Waals surface area contributed by atoms with E-state index in [1.807, 2.05) is 24.3 Å². The van der Waals surface area contributed by atoms with Gasteiger partial charge in [0.2, 0.25) is 0 Å². The molecule has 0 amide bonds. The Bertz CT molecular complexity index is 969. The zero-order chi connectivity index (χ0) is 18.5. The summed E-state index contributed by atoms with van der Waals surface area (Å²) in [7, 11) is 0. The van der Waals surface area contributed by atoms with Crippen molar-refractivity contribution < 1.29 is 4.79 Å². The SMILES string of the molecule is Cc1ccccc1SCc1cc(-c2cncc(C=O)c2)cc(C=N)c1N. The van der Waals surface area contributed by atoms with Crippen molar-refractivity contribution in [3.05, 3.63) is 77.1 Å². The zero-order valence-corrected chi connectivity index (χ0v) is 15.2. The van der Waals surface area contributed by atoms with Gasteiger partial charge in [0.05, 0.1) is 0 Å². The molecule has 130 valence electrons. The average Bonchev–Trinajstić information content (AvgIpc) is 2.68. The fourth-order valence-electron chi connectivity index (χ4n) is 2.70. The van der Waals surface area contributed by atoms with E-state index >= 15 is 0 Å². The van der Waals surface area contributed by atoms with E-state index in [9.17, 15) is 4.79 Å². The van der Waals surface area contributed by atoms with E-state index in [0.717, 1.165) is 23.0 Å². The van der Waals surface area contributed by atoms with Crippen LogP contribution >= 0.6 is 11.8 Å². The molecule has 4 nitrogen and oxygen atoms in total. The number of nitrogens with two attached hydrogens (primary N) is 1. The minimum Gasteiger partial charge on any atom is -0.398 e. The first kappa shape index (κ1) is 17.9. The lowest BCUT2D eigenvalue weighted by Gasteiger charge is -2.13. The lowest BCUT2D eigenvalue weighted by molar-refractivity contribution is 0.112. The van der Waals surface area contributed by atoms with E-state index in [1.165, 1.54) is 22.9 Å². The summed E-state index contributed by atoms with van der Waals surface area (Å²) in [5, 5.41) is 7.67. The topological polar surface area (TPSA) is 79.8 Å². The number of nitrogen functional groups attached to an aromatic ring is 1. The van der Waals surface area contributed by atoms with Gasteiger partial charge in [0.15, 0.2) is 6.29 Å². The van der Waals surface area contributed by atoms with Gasteiger partial charge in [0.1, 0.15) is 0 Å². The summed E-state index contributed by atoms with van der Waals surface area (Å²) in [4.78, 5) is 16.4. The third kappa shape index (κ3) is 3.83. The Labute approximate surface area is 157 Å². The Balaban J connectivity index is 1.98. The first-order valence-corrected chi connectivity index (χ1v) is 9.13. The average molecular weight is 361 g/mol. The Kier molecular flexibility index (Phi) is 5.49. The highest BCUT2D eigenvalue weighted by molar-refractivity contribution is 7.98. The van der Waals surface area contributed by atoms with Crippen LogP contribution in [-0.4, -0.2) is 17.5 Å². The van der Waals surface area contributed by atoms with E-state index in [-0.39, 0.29) is 0 Å². The van der Waals surface area contributed by atoms with Crippen molar-refractivity contribution in [2.24, 2.45) is 0 Å². The molecule has 1 aromatic heterocycles. The second-order valence-electron chi connectivity index (χ2n) is 5.96. The quantitative estimate of drug-likeness (QED) is 0.288. The van der Waals surface area contributed by atoms with Crippen LogP contribution in [0.3, 0.4) is 0 Å². The molecule has 0 fully saturated rings. The maximum absolute atomic E-state index is 11.0. The van der Waals surface area contributed by atoms with Gasteiger partial charge >= 0.3 is 0 Å². The van der Waals surface area contributed by atoms with E-state index in [4.69, 9.17) is 11.1 Å². The minimum absolute atomic E-state index is 0.520. The molecule has 0 radical (unpaired) electrons. The highest BCUT2D eigenvalue weighted by atomic mass is 32.2. The van der Waals surface area contributed by atoms with Crippen LogP contribution in [0.5, 0.6) is 0 Å². The van der Waals surface area contributed by atoms with Crippen LogP contribution in [0, 0.1) is 12.3 Å². The van der Waals surface area contributed by atoms with Gasteiger partial charge in [-0.2, -0.15) is 0 Å². The number of nitrogens with one attached hydrogen (secondary N) is 1. The number of aldehydes is 1. The predicted octanol–water partition coefficient (Wildman–Crippen LogP) is 4.74. The van der Waals surface area contributed by atoms with Crippen LogP contribution in [0.2, 0.25) is 0 Å². The summed E-state index contributed by atoms with van der Waals surface area (Å²) in [6.07, 6.45) is 5.28. The van der Waals surface area contributed by atoms with Gasteiger partial charge < -0.3 is 11.1 Å². The molecule has 3 N–H and O–H groups in total. The number of benzene rings is 2. The number of thioether (sulfide) groups is 1. The second kappa shape index (κ2) is 7.97. The molecule has 2 aromatic carbocycles. The number of hydrogen-bond donors (Lipinski definition) is 2. The Morgan fingerprint density at radius 3 is 2.69 bits per heavy atom. The van der Waals surface area contributed by atoms with Gasteiger partial charge in [-0.3, -0.25) is 9.78 Å². The number of aromatic nitrogens is 1. The second-order valence-corrected chi connectivity index (χ2v) is 6.98. The predicted molar refractivity (Wildman–Crippen MR) is 108 cm³/mol. The lowest BCUT2D eigenvalue weighted by atomic mass is 9.99. The first-order chi connectivity index (χ1) is 12.6. The number of aryl methyl sites for hydroxylation is 1. The molecule has 1 heterocycles. The van der Waals surface area contributed by atoms with Gasteiger partial charge in [0.25, 0.3) is 0 Å². The van der Waals surface area contributed by atoms with Crippen molar-refractivity contribution in [3.8, 4) is 11.1 Å². The summed E-state index contributed by atoms with van der Waals surface area (Å²) in [6, 6.07) is 13.9. The minimum atomic E-state index is 0.520. The molecule has 0 aliphatic heterocycles. The first-order valence-electron chi connectivity index (χ1n) is 8.14. The highest BCUT2D eigenvalue weighted by Gasteiger charge is 2.10. The van der Waals surface area contributed by atoms with Crippen LogP contribution in [0.4, 0.5) is 5.69 Å². The van der Waals surface area contributed by atoms with Crippen molar-refractivity contribution in [2.75, 3.05) is 5.73 Å². The third-order valence-corrected chi connectivity index (χ3v) is 5.38. The molecule has 26 heavy (non-hydrogen) atoms. The fraction of sp³-hybridized carbons (Fsp3) is 0.0952. The summed E-state index contributed by atoms with van der Waals surface area (Å²) >= 11 is 1.72. The van der Waals surface area contributed by atoms with Gasteiger partial charge in [0, 0.05) is 51.6 Å². The van der Waals surface area contributed by atoms with E-state index in [1.54, 1.807) is 24.0 Å². The highest BCUT2D eigenvalue weighted by Crippen LogP contribution is 2.32. The van der Waals surface area contributed by atoms with Gasteiger partial charge in [-0.15, -0.1) is 11.8 Å². The Hall–Kier alpha value is -2.92. The summed E-state index contributed by atoms with van der Waals surface area (Å²) in [5.74, 6) is 0.701. The number of anilines is 1. The molecule has 0 spiro atoms. The molecule has 0 saturated carbocycles. The normalized spacial score (nSPS) is 10.5. The van der Waals surface area contributed by atoms with Crippen molar-refractivity contribution in [1.29, 1.82) is 5.41 Å². The van der Waals surface area contributed by atoms with Crippen molar-refractivity contribution in [1.82, 2.24) is 4.98 Å². The number of hydrogen-bond acceptors (Lipinski definition) is 5. The number of carbonyl (C=O) groups excluding carboxylic acids is 1. The smallest absolute Gasteiger partial charge is 0.151 e. The molecule has 0 aliphatic carbocycles. The Morgan fingerprint density at radius 2 is 1.96 bits per heavy atom. The standard InChI is InChI=1S/C21H19N3OS/c1-14-4-2-3-5-20(14)26-13-19-8-16(7-17(9-22)21(19)23)18-6-15(12-25)10-24-11-18/h2-12,22H,13,23H2,1H3. The molecule has 0 saturated heterocycles. The molecule has 0 atom stereocenters. The molecular formula is C21H19N3OS. The maximum atomic E-state index is 11.0. The van der Waals surface area contributed by atoms with E-state index in [0.29, 0.717) is 22.6 Å². The Morgan fingerprint density at radius 1 is 1.15 bits per heavy atom. The monoisotopic (exact) mass is 361 g/mol. The summed E-state index contributed by atoms with van der Waals surface area (Å²) in [5.41, 5.74) is 12.0. The van der Waals surface area contributed by atoms with Crippen LogP contribution in [0.15, 0.2) is 59.8 Å². The molecule has 0 aliphatic rings. The largest absolute Gasteiger partial charge is 0.398 e. The van der Waals surface area contributed by atoms with Crippen LogP contribution < -0.4 is 5.73 Å². The molecule has 0 unspecified atom stereocenters. The molecule has 0 bridgehead atoms. The maximum Gasteiger partial charge on any atom is 0.151 e. The fourth-order valence-corrected chi connectivity index (χ4v) is 3.72. The number of nitrogens with zero attached hydrogens (tertiary/aromatic N) is 1. The van der Waals surface area contributed by atoms with Gasteiger partial charge in [-0.05, 0) is 47.9 Å². The van der Waals surface area contributed by atoms with E-state index in [2.05, 4.69) is 24.0 Å². The van der Waals surface area contributed by atoms with Crippen LogP contribution in [-0.2, 0) is 5.75 Å². The lowest BCUT2D eigenvalue weighted by Crippen LogP contribution is -2.00. The van der Waals surface area contributed by atoms with Crippen molar-refractivity contribution in [3.63, 3.8) is 0 Å².